The van der Waals surface area contributed by atoms with Crippen LogP contribution in [0.25, 0.3) is 0 Å². The van der Waals surface area contributed by atoms with Gasteiger partial charge in [0.2, 0.25) is 0 Å². The molecule has 2 N–H and O–H groups in total. The smallest absolute Gasteiger partial charge is 0.283 e. The Morgan fingerprint density at radius 3 is 2.33 bits per heavy atom. The summed E-state index contributed by atoms with van der Waals surface area (Å²) in [6.45, 7) is 0. The first kappa shape index (κ1) is 22.8. The number of imide groups is 1. The molecule has 0 atom stereocenters. The van der Waals surface area contributed by atoms with Crippen molar-refractivity contribution in [1.82, 2.24) is 0 Å². The van der Waals surface area contributed by atoms with E-state index >= 15 is 0 Å². The minimum Gasteiger partial charge on any atom is -0.350 e. The van der Waals surface area contributed by atoms with Gasteiger partial charge in [0, 0.05) is 11.3 Å². The molecule has 4 rings (SSSR count). The number of hydrogen-bond acceptors (Lipinski definition) is 4. The monoisotopic (exact) mass is 503 g/mol. The second-order valence-corrected chi connectivity index (χ2v) is 8.07. The summed E-state index contributed by atoms with van der Waals surface area (Å²) in [5.41, 5.74) is 0.939. The van der Waals surface area contributed by atoms with Gasteiger partial charge >= 0.3 is 0 Å². The van der Waals surface area contributed by atoms with E-state index in [1.165, 1.54) is 12.1 Å². The third kappa shape index (κ3) is 4.57. The summed E-state index contributed by atoms with van der Waals surface area (Å²) >= 11 is 18.0. The van der Waals surface area contributed by atoms with Gasteiger partial charge in [-0.2, -0.15) is 0 Å². The van der Waals surface area contributed by atoms with Gasteiger partial charge in [-0.3, -0.25) is 14.4 Å². The lowest BCUT2D eigenvalue weighted by molar-refractivity contribution is -0.120. The van der Waals surface area contributed by atoms with Gasteiger partial charge in [0.25, 0.3) is 17.7 Å². The Kier molecular flexibility index (Phi) is 6.37. The molecular weight excluding hydrogens is 492 g/mol. The van der Waals surface area contributed by atoms with E-state index in [4.69, 9.17) is 34.8 Å². The largest absolute Gasteiger partial charge is 0.350 e. The van der Waals surface area contributed by atoms with E-state index in [0.29, 0.717) is 16.4 Å². The zero-order valence-corrected chi connectivity index (χ0v) is 18.8. The molecule has 0 aromatic heterocycles. The van der Waals surface area contributed by atoms with E-state index in [9.17, 15) is 18.8 Å². The number of nitrogens with one attached hydrogen (secondary N) is 2. The number of para-hydroxylation sites is 1. The molecular formula is C23H13Cl3FN3O3. The van der Waals surface area contributed by atoms with Crippen LogP contribution in [0.4, 0.5) is 21.5 Å². The molecule has 1 aliphatic heterocycles. The number of rotatable bonds is 5. The third-order valence-electron chi connectivity index (χ3n) is 4.70. The Labute approximate surface area is 202 Å². The minimum atomic E-state index is -0.792. The van der Waals surface area contributed by atoms with Crippen molar-refractivity contribution in [1.29, 1.82) is 0 Å². The molecule has 6 nitrogen and oxygen atoms in total. The Hall–Kier alpha value is -3.39. The van der Waals surface area contributed by atoms with Crippen molar-refractivity contribution < 1.29 is 18.8 Å². The number of hydrogen-bond donors (Lipinski definition) is 2. The molecule has 166 valence electrons. The molecule has 0 aliphatic carbocycles. The lowest BCUT2D eigenvalue weighted by Crippen LogP contribution is -2.32. The van der Waals surface area contributed by atoms with Crippen molar-refractivity contribution in [2.75, 3.05) is 15.5 Å². The average Bonchev–Trinajstić information content (AvgIpc) is 3.00. The Bertz CT molecular complexity index is 1340. The molecule has 1 heterocycles. The fourth-order valence-electron chi connectivity index (χ4n) is 3.11. The van der Waals surface area contributed by atoms with E-state index < -0.39 is 23.5 Å². The number of benzene rings is 3. The van der Waals surface area contributed by atoms with E-state index in [-0.39, 0.29) is 27.0 Å². The van der Waals surface area contributed by atoms with Crippen LogP contribution in [0.1, 0.15) is 10.4 Å². The number of halogens is 4. The topological polar surface area (TPSA) is 78.5 Å². The standard InChI is InChI=1S/C23H13Cl3FN3O3/c24-15-6-1-2-7-18(15)29-21(31)12-4-3-5-13(10-12)28-20-19(26)22(32)30(23(20)33)14-8-9-17(27)16(25)11-14/h1-11,28H,(H,29,31). The number of carbonyl (C=O) groups excluding carboxylic acids is 3. The fraction of sp³-hybridized carbons (Fsp3) is 0. The fourth-order valence-corrected chi connectivity index (χ4v) is 3.68. The van der Waals surface area contributed by atoms with Crippen LogP contribution in [0.3, 0.4) is 0 Å². The van der Waals surface area contributed by atoms with Crippen LogP contribution >= 0.6 is 34.8 Å². The SMILES string of the molecule is O=C(Nc1ccccc1Cl)c1cccc(NC2=C(Cl)C(=O)N(c3ccc(F)c(Cl)c3)C2=O)c1. The first-order chi connectivity index (χ1) is 15.8. The van der Waals surface area contributed by atoms with E-state index in [2.05, 4.69) is 10.6 Å². The summed E-state index contributed by atoms with van der Waals surface area (Å²) in [5, 5.41) is 5.27. The summed E-state index contributed by atoms with van der Waals surface area (Å²) in [6, 6.07) is 16.5. The lowest BCUT2D eigenvalue weighted by atomic mass is 10.1. The highest BCUT2D eigenvalue weighted by atomic mass is 35.5. The van der Waals surface area contributed by atoms with Crippen molar-refractivity contribution in [2.24, 2.45) is 0 Å². The number of amides is 3. The Morgan fingerprint density at radius 1 is 0.848 bits per heavy atom. The predicted molar refractivity (Wildman–Crippen MR) is 126 cm³/mol. The zero-order valence-electron chi connectivity index (χ0n) is 16.5. The normalized spacial score (nSPS) is 13.5. The maximum absolute atomic E-state index is 13.5. The predicted octanol–water partition coefficient (Wildman–Crippen LogP) is 5.82. The maximum atomic E-state index is 13.5. The van der Waals surface area contributed by atoms with Crippen LogP contribution in [0.15, 0.2) is 77.5 Å². The summed E-state index contributed by atoms with van der Waals surface area (Å²) in [4.78, 5) is 38.9. The second-order valence-electron chi connectivity index (χ2n) is 6.87. The van der Waals surface area contributed by atoms with Crippen molar-refractivity contribution in [2.45, 2.75) is 0 Å². The number of anilines is 3. The zero-order chi connectivity index (χ0) is 23.7. The molecule has 0 saturated carbocycles. The van der Waals surface area contributed by atoms with Gasteiger partial charge in [0.05, 0.1) is 21.4 Å². The van der Waals surface area contributed by atoms with Crippen molar-refractivity contribution in [3.8, 4) is 0 Å². The van der Waals surface area contributed by atoms with Crippen LogP contribution in [0.5, 0.6) is 0 Å². The van der Waals surface area contributed by atoms with E-state index in [0.717, 1.165) is 17.0 Å². The Balaban J connectivity index is 1.56. The number of nitrogens with zero attached hydrogens (tertiary/aromatic N) is 1. The van der Waals surface area contributed by atoms with Gasteiger partial charge < -0.3 is 10.6 Å². The first-order valence-corrected chi connectivity index (χ1v) is 10.6. The maximum Gasteiger partial charge on any atom is 0.283 e. The van der Waals surface area contributed by atoms with Gasteiger partial charge in [-0.15, -0.1) is 0 Å². The summed E-state index contributed by atoms with van der Waals surface area (Å²) < 4.78 is 13.5. The molecule has 1 aliphatic rings. The second kappa shape index (κ2) is 9.23. The summed E-state index contributed by atoms with van der Waals surface area (Å²) in [6.07, 6.45) is 0. The van der Waals surface area contributed by atoms with Crippen molar-refractivity contribution in [3.63, 3.8) is 0 Å². The molecule has 0 spiro atoms. The van der Waals surface area contributed by atoms with Gasteiger partial charge in [0.15, 0.2) is 0 Å². The molecule has 3 aromatic carbocycles. The van der Waals surface area contributed by atoms with Crippen molar-refractivity contribution in [3.05, 3.63) is 98.9 Å². The molecule has 3 aromatic rings. The molecule has 0 saturated heterocycles. The molecule has 0 fully saturated rings. The van der Waals surface area contributed by atoms with E-state index in [1.807, 2.05) is 0 Å². The van der Waals surface area contributed by atoms with Crippen LogP contribution in [0, 0.1) is 5.82 Å². The lowest BCUT2D eigenvalue weighted by Gasteiger charge is -2.15. The highest BCUT2D eigenvalue weighted by Gasteiger charge is 2.39. The van der Waals surface area contributed by atoms with Crippen LogP contribution in [-0.4, -0.2) is 17.7 Å². The molecule has 10 heteroatoms. The Morgan fingerprint density at radius 2 is 1.61 bits per heavy atom. The molecule has 0 radical (unpaired) electrons. The van der Waals surface area contributed by atoms with Crippen LogP contribution < -0.4 is 15.5 Å². The first-order valence-electron chi connectivity index (χ1n) is 9.43. The highest BCUT2D eigenvalue weighted by molar-refractivity contribution is 6.53. The summed E-state index contributed by atoms with van der Waals surface area (Å²) in [5.74, 6) is -2.66. The molecule has 0 unspecified atom stereocenters. The van der Waals surface area contributed by atoms with Gasteiger partial charge in [-0.05, 0) is 48.5 Å². The van der Waals surface area contributed by atoms with Crippen LogP contribution in [-0.2, 0) is 9.59 Å². The van der Waals surface area contributed by atoms with Crippen LogP contribution in [0.2, 0.25) is 10.0 Å². The summed E-state index contributed by atoms with van der Waals surface area (Å²) in [7, 11) is 0. The van der Waals surface area contributed by atoms with Gasteiger partial charge in [-0.1, -0.05) is 53.0 Å². The van der Waals surface area contributed by atoms with E-state index in [1.54, 1.807) is 42.5 Å². The van der Waals surface area contributed by atoms with Gasteiger partial charge in [0.1, 0.15) is 16.5 Å². The third-order valence-corrected chi connectivity index (χ3v) is 5.67. The number of carbonyl (C=O) groups is 3. The van der Waals surface area contributed by atoms with Gasteiger partial charge in [-0.25, -0.2) is 9.29 Å². The minimum absolute atomic E-state index is 0.0687. The molecule has 33 heavy (non-hydrogen) atoms. The molecule has 0 bridgehead atoms. The molecule has 3 amide bonds. The van der Waals surface area contributed by atoms with Crippen molar-refractivity contribution >= 4 is 69.6 Å². The average molecular weight is 505 g/mol. The highest BCUT2D eigenvalue weighted by Crippen LogP contribution is 2.32. The quantitative estimate of drug-likeness (QED) is 0.429.